The van der Waals surface area contributed by atoms with Crippen molar-refractivity contribution in [2.45, 2.75) is 12.6 Å². The highest BCUT2D eigenvalue weighted by molar-refractivity contribution is 5.62. The Morgan fingerprint density at radius 1 is 0.966 bits per heavy atom. The van der Waals surface area contributed by atoms with Crippen molar-refractivity contribution in [2.75, 3.05) is 7.11 Å². The minimum Gasteiger partial charge on any atom is -0.497 e. The molecule has 0 spiro atoms. The number of ether oxygens (including phenoxy) is 1. The molecule has 2 aromatic heterocycles. The second kappa shape index (κ2) is 8.67. The van der Waals surface area contributed by atoms with Crippen LogP contribution in [0.25, 0.3) is 11.3 Å². The number of pyridine rings is 1. The molecule has 146 valence electrons. The molecule has 4 rings (SSSR count). The lowest BCUT2D eigenvalue weighted by Gasteiger charge is -2.20. The Hall–Kier alpha value is -3.51. The van der Waals surface area contributed by atoms with Gasteiger partial charge in [-0.25, -0.2) is 4.39 Å². The van der Waals surface area contributed by atoms with Crippen LogP contribution in [0.2, 0.25) is 0 Å². The van der Waals surface area contributed by atoms with Gasteiger partial charge >= 0.3 is 0 Å². The summed E-state index contributed by atoms with van der Waals surface area (Å²) in [7, 11) is 1.66. The summed E-state index contributed by atoms with van der Waals surface area (Å²) >= 11 is 0. The molecule has 2 N–H and O–H groups in total. The van der Waals surface area contributed by atoms with Gasteiger partial charge in [0.2, 0.25) is 0 Å². The highest BCUT2D eigenvalue weighted by atomic mass is 19.1. The van der Waals surface area contributed by atoms with Crippen LogP contribution in [0.3, 0.4) is 0 Å². The molecule has 0 saturated heterocycles. The second-order valence-electron chi connectivity index (χ2n) is 6.64. The highest BCUT2D eigenvalue weighted by Gasteiger charge is 2.16. The Balaban J connectivity index is 1.59. The summed E-state index contributed by atoms with van der Waals surface area (Å²) in [4.78, 5) is 4.13. The fourth-order valence-corrected chi connectivity index (χ4v) is 3.30. The van der Waals surface area contributed by atoms with Gasteiger partial charge in [-0.2, -0.15) is 5.10 Å². The Morgan fingerprint density at radius 2 is 1.66 bits per heavy atom. The fraction of sp³-hybridized carbons (Fsp3) is 0.130. The molecule has 0 saturated carbocycles. The topological polar surface area (TPSA) is 62.8 Å². The van der Waals surface area contributed by atoms with Crippen molar-refractivity contribution in [2.24, 2.45) is 0 Å². The van der Waals surface area contributed by atoms with Gasteiger partial charge in [-0.15, -0.1) is 0 Å². The summed E-state index contributed by atoms with van der Waals surface area (Å²) in [5.74, 6) is 0.556. The summed E-state index contributed by atoms with van der Waals surface area (Å²) in [6.45, 7) is 0.586. The van der Waals surface area contributed by atoms with Gasteiger partial charge in [0, 0.05) is 30.1 Å². The maximum Gasteiger partial charge on any atom is 0.123 e. The van der Waals surface area contributed by atoms with Crippen molar-refractivity contribution < 1.29 is 9.13 Å². The number of aromatic amines is 1. The van der Waals surface area contributed by atoms with Crippen LogP contribution in [0, 0.1) is 5.82 Å². The molecule has 0 aliphatic rings. The van der Waals surface area contributed by atoms with Crippen molar-refractivity contribution in [1.82, 2.24) is 20.5 Å². The number of H-pyrrole nitrogens is 1. The normalized spacial score (nSPS) is 11.9. The summed E-state index contributed by atoms with van der Waals surface area (Å²) < 4.78 is 18.5. The fourth-order valence-electron chi connectivity index (χ4n) is 3.30. The van der Waals surface area contributed by atoms with Gasteiger partial charge in [-0.05, 0) is 59.7 Å². The number of methoxy groups -OCH3 is 1. The van der Waals surface area contributed by atoms with E-state index in [9.17, 15) is 4.39 Å². The van der Waals surface area contributed by atoms with Crippen molar-refractivity contribution in [3.05, 3.63) is 102 Å². The molecule has 1 atom stereocenters. The van der Waals surface area contributed by atoms with Crippen LogP contribution >= 0.6 is 0 Å². The Labute approximate surface area is 168 Å². The molecule has 0 bridgehead atoms. The zero-order valence-electron chi connectivity index (χ0n) is 16.0. The first-order chi connectivity index (χ1) is 14.2. The summed E-state index contributed by atoms with van der Waals surface area (Å²) in [6.07, 6.45) is 5.37. The zero-order chi connectivity index (χ0) is 20.1. The average Bonchev–Trinajstić information content (AvgIpc) is 3.24. The summed E-state index contributed by atoms with van der Waals surface area (Å²) in [5.41, 5.74) is 5.00. The third kappa shape index (κ3) is 4.33. The van der Waals surface area contributed by atoms with E-state index in [0.29, 0.717) is 6.54 Å². The molecule has 2 aromatic carbocycles. The van der Waals surface area contributed by atoms with Crippen LogP contribution in [0.5, 0.6) is 5.75 Å². The third-order valence-corrected chi connectivity index (χ3v) is 4.84. The molecule has 6 heteroatoms. The van der Waals surface area contributed by atoms with Gasteiger partial charge in [-0.1, -0.05) is 12.1 Å². The van der Waals surface area contributed by atoms with Gasteiger partial charge in [0.25, 0.3) is 0 Å². The van der Waals surface area contributed by atoms with Crippen molar-refractivity contribution in [3.8, 4) is 17.0 Å². The number of aromatic nitrogens is 3. The molecule has 4 aromatic rings. The van der Waals surface area contributed by atoms with Gasteiger partial charge in [-0.3, -0.25) is 10.1 Å². The van der Waals surface area contributed by atoms with Crippen LogP contribution < -0.4 is 10.1 Å². The number of nitrogens with zero attached hydrogens (tertiary/aromatic N) is 2. The number of hydrogen-bond donors (Lipinski definition) is 2. The standard InChI is InChI=1S/C23H21FN4O/c1-29-21-8-4-16(5-9-21)22(18-10-12-25-13-11-18)26-14-19-15-27-28-23(19)17-2-6-20(24)7-3-17/h2-13,15,22,26H,14H2,1H3,(H,27,28). The monoisotopic (exact) mass is 388 g/mol. The van der Waals surface area contributed by atoms with Gasteiger partial charge in [0.15, 0.2) is 0 Å². The molecular weight excluding hydrogens is 367 g/mol. The average molecular weight is 388 g/mol. The molecular formula is C23H21FN4O. The molecule has 29 heavy (non-hydrogen) atoms. The lowest BCUT2D eigenvalue weighted by atomic mass is 9.99. The number of halogens is 1. The van der Waals surface area contributed by atoms with E-state index in [1.54, 1.807) is 37.8 Å². The predicted molar refractivity (Wildman–Crippen MR) is 110 cm³/mol. The van der Waals surface area contributed by atoms with E-state index >= 15 is 0 Å². The Bertz CT molecular complexity index is 1050. The molecule has 5 nitrogen and oxygen atoms in total. The Morgan fingerprint density at radius 3 is 2.34 bits per heavy atom. The summed E-state index contributed by atoms with van der Waals surface area (Å²) in [5, 5.41) is 10.8. The molecule has 0 amide bonds. The Kier molecular flexibility index (Phi) is 5.63. The van der Waals surface area contributed by atoms with E-state index < -0.39 is 0 Å². The third-order valence-electron chi connectivity index (χ3n) is 4.84. The lowest BCUT2D eigenvalue weighted by Crippen LogP contribution is -2.22. The first kappa shape index (κ1) is 18.8. The quantitative estimate of drug-likeness (QED) is 0.489. The first-order valence-corrected chi connectivity index (χ1v) is 9.30. The van der Waals surface area contributed by atoms with Crippen LogP contribution in [0.15, 0.2) is 79.3 Å². The molecule has 0 aliphatic carbocycles. The van der Waals surface area contributed by atoms with Crippen molar-refractivity contribution in [3.63, 3.8) is 0 Å². The van der Waals surface area contributed by atoms with Crippen LogP contribution in [-0.2, 0) is 6.54 Å². The SMILES string of the molecule is COc1ccc(C(NCc2cn[nH]c2-c2ccc(F)cc2)c2ccncc2)cc1. The lowest BCUT2D eigenvalue weighted by molar-refractivity contribution is 0.414. The maximum absolute atomic E-state index is 13.3. The van der Waals surface area contributed by atoms with E-state index in [2.05, 4.69) is 20.5 Å². The molecule has 0 fully saturated rings. The number of rotatable bonds is 7. The van der Waals surface area contributed by atoms with Gasteiger partial charge < -0.3 is 10.1 Å². The summed E-state index contributed by atoms with van der Waals surface area (Å²) in [6, 6.07) is 18.4. The van der Waals surface area contributed by atoms with Crippen molar-refractivity contribution >= 4 is 0 Å². The van der Waals surface area contributed by atoms with Crippen LogP contribution in [-0.4, -0.2) is 22.3 Å². The van der Waals surface area contributed by atoms with E-state index in [0.717, 1.165) is 33.7 Å². The van der Waals surface area contributed by atoms with Crippen molar-refractivity contribution in [1.29, 1.82) is 0 Å². The van der Waals surface area contributed by atoms with E-state index in [-0.39, 0.29) is 11.9 Å². The largest absolute Gasteiger partial charge is 0.497 e. The molecule has 1 unspecified atom stereocenters. The van der Waals surface area contributed by atoms with Gasteiger partial charge in [0.1, 0.15) is 11.6 Å². The second-order valence-corrected chi connectivity index (χ2v) is 6.64. The molecule has 0 radical (unpaired) electrons. The zero-order valence-corrected chi connectivity index (χ0v) is 16.0. The minimum atomic E-state index is -0.259. The first-order valence-electron chi connectivity index (χ1n) is 9.30. The van der Waals surface area contributed by atoms with Crippen LogP contribution in [0.4, 0.5) is 4.39 Å². The number of nitrogens with one attached hydrogen (secondary N) is 2. The number of benzene rings is 2. The van der Waals surface area contributed by atoms with Crippen LogP contribution in [0.1, 0.15) is 22.7 Å². The smallest absolute Gasteiger partial charge is 0.123 e. The minimum absolute atomic E-state index is 0.0279. The van der Waals surface area contributed by atoms with E-state index in [4.69, 9.17) is 4.74 Å². The van der Waals surface area contributed by atoms with Gasteiger partial charge in [0.05, 0.1) is 25.0 Å². The molecule has 2 heterocycles. The molecule has 0 aliphatic heterocycles. The van der Waals surface area contributed by atoms with E-state index in [1.165, 1.54) is 12.1 Å². The highest BCUT2D eigenvalue weighted by Crippen LogP contribution is 2.26. The van der Waals surface area contributed by atoms with E-state index in [1.807, 2.05) is 36.4 Å². The maximum atomic E-state index is 13.3. The number of hydrogen-bond acceptors (Lipinski definition) is 4. The predicted octanol–water partition coefficient (Wildman–Crippen LogP) is 4.50.